The maximum Gasteiger partial charge on any atom is 0.354 e. The molecule has 0 bridgehead atoms. The summed E-state index contributed by atoms with van der Waals surface area (Å²) >= 11 is 0. The first-order valence-corrected chi connectivity index (χ1v) is 14.6. The SMILES string of the molecule is COc1ccc(N2C(=O)c3cc(CN4C(=O)c5cnc(C(=O)O)cc5C4=O)ccc3C2C)cc1OC(C)CCc1ccccc1. The van der Waals surface area contributed by atoms with Gasteiger partial charge in [0, 0.05) is 23.5 Å². The number of amides is 3. The molecule has 2 aliphatic rings. The van der Waals surface area contributed by atoms with Gasteiger partial charge >= 0.3 is 5.97 Å². The number of aromatic nitrogens is 1. The van der Waals surface area contributed by atoms with Gasteiger partial charge in [0.1, 0.15) is 5.69 Å². The minimum Gasteiger partial charge on any atom is -0.493 e. The predicted molar refractivity (Wildman–Crippen MR) is 165 cm³/mol. The molecule has 1 N–H and O–H groups in total. The topological polar surface area (TPSA) is 126 Å². The van der Waals surface area contributed by atoms with Crippen molar-refractivity contribution in [2.24, 2.45) is 0 Å². The molecule has 4 aromatic rings. The molecule has 2 atom stereocenters. The molecule has 0 radical (unpaired) electrons. The highest BCUT2D eigenvalue weighted by atomic mass is 16.5. The highest BCUT2D eigenvalue weighted by Crippen LogP contribution is 2.41. The van der Waals surface area contributed by atoms with Crippen molar-refractivity contribution in [3.8, 4) is 11.5 Å². The molecule has 10 nitrogen and oxygen atoms in total. The third-order valence-corrected chi connectivity index (χ3v) is 8.26. The van der Waals surface area contributed by atoms with Crippen LogP contribution in [0.3, 0.4) is 0 Å². The first-order valence-electron chi connectivity index (χ1n) is 14.6. The van der Waals surface area contributed by atoms with E-state index in [0.717, 1.165) is 35.6 Å². The fraction of sp³-hybridized carbons (Fsp3) is 0.229. The number of hydrogen-bond acceptors (Lipinski definition) is 7. The summed E-state index contributed by atoms with van der Waals surface area (Å²) in [6.45, 7) is 3.87. The summed E-state index contributed by atoms with van der Waals surface area (Å²) in [5, 5.41) is 9.23. The minimum absolute atomic E-state index is 0.00338. The molecule has 3 aromatic carbocycles. The maximum atomic E-state index is 13.8. The number of benzene rings is 3. The van der Waals surface area contributed by atoms with Crippen molar-refractivity contribution in [3.63, 3.8) is 0 Å². The number of pyridine rings is 1. The van der Waals surface area contributed by atoms with Gasteiger partial charge in [-0.15, -0.1) is 0 Å². The molecule has 10 heteroatoms. The number of carbonyl (C=O) groups is 4. The lowest BCUT2D eigenvalue weighted by molar-refractivity contribution is 0.0640. The summed E-state index contributed by atoms with van der Waals surface area (Å²) in [7, 11) is 1.58. The van der Waals surface area contributed by atoms with Crippen molar-refractivity contribution in [3.05, 3.63) is 118 Å². The van der Waals surface area contributed by atoms with Crippen LogP contribution in [0.4, 0.5) is 5.69 Å². The van der Waals surface area contributed by atoms with E-state index in [1.54, 1.807) is 30.2 Å². The molecule has 6 rings (SSSR count). The Morgan fingerprint density at radius 1 is 0.889 bits per heavy atom. The number of carbonyl (C=O) groups excluding carboxylic acids is 3. The van der Waals surface area contributed by atoms with E-state index in [1.165, 1.54) is 5.56 Å². The van der Waals surface area contributed by atoms with Gasteiger partial charge in [0.05, 0.1) is 36.9 Å². The van der Waals surface area contributed by atoms with E-state index in [-0.39, 0.29) is 41.4 Å². The zero-order valence-electron chi connectivity index (χ0n) is 25.0. The number of hydrogen-bond donors (Lipinski definition) is 1. The van der Waals surface area contributed by atoms with Gasteiger partial charge in [-0.3, -0.25) is 19.3 Å². The van der Waals surface area contributed by atoms with Crippen LogP contribution in [-0.2, 0) is 13.0 Å². The van der Waals surface area contributed by atoms with Crippen LogP contribution < -0.4 is 14.4 Å². The van der Waals surface area contributed by atoms with Crippen molar-refractivity contribution in [2.75, 3.05) is 12.0 Å². The lowest BCUT2D eigenvalue weighted by Gasteiger charge is -2.24. The standard InChI is InChI=1S/C35H31N3O7/c1-20(9-10-22-7-5-4-6-8-22)45-31-16-24(12-14-30(31)44-3)38-21(2)25-13-11-23(15-26(25)34(38)41)19-37-32(39)27-17-29(35(42)43)36-18-28(27)33(37)40/h4-8,11-18,20-21H,9-10,19H2,1-3H3,(H,42,43). The number of nitrogens with zero attached hydrogens (tertiary/aromatic N) is 3. The zero-order valence-corrected chi connectivity index (χ0v) is 25.0. The van der Waals surface area contributed by atoms with Crippen molar-refractivity contribution in [1.82, 2.24) is 9.88 Å². The fourth-order valence-electron chi connectivity index (χ4n) is 5.86. The summed E-state index contributed by atoms with van der Waals surface area (Å²) in [4.78, 5) is 57.6. The lowest BCUT2D eigenvalue weighted by atomic mass is 10.0. The van der Waals surface area contributed by atoms with Gasteiger partial charge in [0.25, 0.3) is 17.7 Å². The average molecular weight is 606 g/mol. The second-order valence-electron chi connectivity index (χ2n) is 11.2. The van der Waals surface area contributed by atoms with Crippen LogP contribution in [0.15, 0.2) is 79.0 Å². The minimum atomic E-state index is -1.29. The molecule has 0 aliphatic carbocycles. The number of aromatic carboxylic acids is 1. The molecule has 2 unspecified atom stereocenters. The van der Waals surface area contributed by atoms with Crippen LogP contribution >= 0.6 is 0 Å². The molecule has 0 spiro atoms. The molecule has 0 saturated carbocycles. The van der Waals surface area contributed by atoms with Crippen LogP contribution in [0, 0.1) is 0 Å². The fourth-order valence-corrected chi connectivity index (χ4v) is 5.86. The number of carboxylic acid groups (broad SMARTS) is 1. The Hall–Kier alpha value is -5.51. The Bertz CT molecular complexity index is 1840. The summed E-state index contributed by atoms with van der Waals surface area (Å²) in [5.74, 6) is -1.57. The quantitative estimate of drug-likeness (QED) is 0.228. The number of fused-ring (bicyclic) bond motifs is 2. The summed E-state index contributed by atoms with van der Waals surface area (Å²) in [6, 6.07) is 21.8. The Kier molecular flexibility index (Phi) is 7.80. The maximum absolute atomic E-state index is 13.8. The van der Waals surface area contributed by atoms with Crippen LogP contribution in [0.5, 0.6) is 11.5 Å². The van der Waals surface area contributed by atoms with Gasteiger partial charge in [-0.25, -0.2) is 9.78 Å². The van der Waals surface area contributed by atoms with Gasteiger partial charge in [-0.05, 0) is 67.6 Å². The van der Waals surface area contributed by atoms with E-state index in [1.807, 2.05) is 50.2 Å². The van der Waals surface area contributed by atoms with E-state index < -0.39 is 17.8 Å². The lowest BCUT2D eigenvalue weighted by Crippen LogP contribution is -2.29. The van der Waals surface area contributed by atoms with Crippen LogP contribution in [-0.4, -0.2) is 51.9 Å². The molecule has 228 valence electrons. The second-order valence-corrected chi connectivity index (χ2v) is 11.2. The number of methoxy groups -OCH3 is 1. The number of imide groups is 1. The van der Waals surface area contributed by atoms with Crippen LogP contribution in [0.25, 0.3) is 0 Å². The molecule has 0 saturated heterocycles. The molecule has 1 aromatic heterocycles. The third-order valence-electron chi connectivity index (χ3n) is 8.26. The first-order chi connectivity index (χ1) is 21.7. The molecule has 3 amide bonds. The number of carboxylic acids is 1. The van der Waals surface area contributed by atoms with Crippen LogP contribution in [0.2, 0.25) is 0 Å². The molecule has 45 heavy (non-hydrogen) atoms. The van der Waals surface area contributed by atoms with Crippen molar-refractivity contribution in [1.29, 1.82) is 0 Å². The van der Waals surface area contributed by atoms with E-state index in [4.69, 9.17) is 9.47 Å². The highest BCUT2D eigenvalue weighted by molar-refractivity contribution is 6.21. The normalized spacial score (nSPS) is 16.1. The molecular weight excluding hydrogens is 574 g/mol. The molecule has 3 heterocycles. The molecule has 2 aliphatic heterocycles. The zero-order chi connectivity index (χ0) is 31.8. The summed E-state index contributed by atoms with van der Waals surface area (Å²) in [6.07, 6.45) is 2.68. The van der Waals surface area contributed by atoms with Gasteiger partial charge in [-0.1, -0.05) is 42.5 Å². The van der Waals surface area contributed by atoms with Gasteiger partial charge in [-0.2, -0.15) is 0 Å². The Balaban J connectivity index is 1.20. The third kappa shape index (κ3) is 5.50. The van der Waals surface area contributed by atoms with E-state index >= 15 is 0 Å². The number of aryl methyl sites for hydroxylation is 1. The van der Waals surface area contributed by atoms with Gasteiger partial charge < -0.3 is 19.5 Å². The second kappa shape index (κ2) is 11.9. The van der Waals surface area contributed by atoms with Gasteiger partial charge in [0.2, 0.25) is 0 Å². The van der Waals surface area contributed by atoms with Crippen molar-refractivity contribution < 1.29 is 33.8 Å². The van der Waals surface area contributed by atoms with Crippen molar-refractivity contribution >= 4 is 29.4 Å². The van der Waals surface area contributed by atoms with Gasteiger partial charge in [0.15, 0.2) is 11.5 Å². The number of anilines is 1. The Morgan fingerprint density at radius 2 is 1.64 bits per heavy atom. The molecular formula is C35H31N3O7. The number of rotatable bonds is 10. The first kappa shape index (κ1) is 29.6. The largest absolute Gasteiger partial charge is 0.493 e. The van der Waals surface area contributed by atoms with E-state index in [9.17, 15) is 24.3 Å². The highest BCUT2D eigenvalue weighted by Gasteiger charge is 2.38. The molecule has 0 fully saturated rings. The van der Waals surface area contributed by atoms with Crippen molar-refractivity contribution in [2.45, 2.75) is 45.4 Å². The van der Waals surface area contributed by atoms with E-state index in [0.29, 0.717) is 28.3 Å². The Labute approximate surface area is 259 Å². The number of ether oxygens (including phenoxy) is 2. The Morgan fingerprint density at radius 3 is 2.38 bits per heavy atom. The van der Waals surface area contributed by atoms with E-state index in [2.05, 4.69) is 17.1 Å². The summed E-state index contributed by atoms with van der Waals surface area (Å²) < 4.78 is 11.9. The monoisotopic (exact) mass is 605 g/mol. The average Bonchev–Trinajstić information content (AvgIpc) is 3.43. The summed E-state index contributed by atoms with van der Waals surface area (Å²) in [5.41, 5.74) is 3.49. The predicted octanol–water partition coefficient (Wildman–Crippen LogP) is 5.71. The smallest absolute Gasteiger partial charge is 0.354 e. The van der Waals surface area contributed by atoms with Crippen LogP contribution in [0.1, 0.15) is 84.6 Å².